The highest BCUT2D eigenvalue weighted by atomic mass is 16.7. The minimum atomic E-state index is 0.701. The van der Waals surface area contributed by atoms with Gasteiger partial charge >= 0.3 is 0 Å². The molecule has 1 aromatic rings. The van der Waals surface area contributed by atoms with Gasteiger partial charge in [0.25, 0.3) is 0 Å². The van der Waals surface area contributed by atoms with E-state index in [9.17, 15) is 0 Å². The summed E-state index contributed by atoms with van der Waals surface area (Å²) < 4.78 is 0. The van der Waals surface area contributed by atoms with Crippen molar-refractivity contribution >= 4 is 5.69 Å². The molecule has 0 bridgehead atoms. The molecule has 0 atom stereocenters. The lowest BCUT2D eigenvalue weighted by Gasteiger charge is -2.19. The maximum Gasteiger partial charge on any atom is 0.120 e. The van der Waals surface area contributed by atoms with Crippen LogP contribution < -0.4 is 4.90 Å². The zero-order chi connectivity index (χ0) is 9.80. The maximum absolute atomic E-state index is 5.36. The first-order valence-corrected chi connectivity index (χ1v) is 4.79. The second-order valence-corrected chi connectivity index (χ2v) is 3.08. The van der Waals surface area contributed by atoms with Gasteiger partial charge in [0.15, 0.2) is 0 Å². The van der Waals surface area contributed by atoms with Crippen molar-refractivity contribution in [1.82, 2.24) is 5.06 Å². The van der Waals surface area contributed by atoms with Crippen LogP contribution in [0.15, 0.2) is 42.7 Å². The van der Waals surface area contributed by atoms with Gasteiger partial charge in [-0.15, -0.1) is 0 Å². The third kappa shape index (κ3) is 1.88. The second-order valence-electron chi connectivity index (χ2n) is 3.08. The van der Waals surface area contributed by atoms with E-state index < -0.39 is 0 Å². The molecule has 1 heterocycles. The van der Waals surface area contributed by atoms with E-state index in [1.807, 2.05) is 42.6 Å². The number of hydroxylamine groups is 2. The van der Waals surface area contributed by atoms with E-state index in [1.54, 1.807) is 0 Å². The van der Waals surface area contributed by atoms with Gasteiger partial charge in [0, 0.05) is 18.1 Å². The fourth-order valence-electron chi connectivity index (χ4n) is 1.44. The van der Waals surface area contributed by atoms with E-state index in [2.05, 4.69) is 17.0 Å². The lowest BCUT2D eigenvalue weighted by atomic mass is 10.3. The molecule has 0 spiro atoms. The fraction of sp³-hybridized carbons (Fsp3) is 0.273. The summed E-state index contributed by atoms with van der Waals surface area (Å²) in [6.07, 6.45) is 3.96. The number of benzene rings is 1. The summed E-state index contributed by atoms with van der Waals surface area (Å²) >= 11 is 0. The SMILES string of the molecule is CCON1C=CN(c2ccccc2)C1. The predicted octanol–water partition coefficient (Wildman–Crippen LogP) is 2.19. The van der Waals surface area contributed by atoms with Gasteiger partial charge in [-0.05, 0) is 19.1 Å². The van der Waals surface area contributed by atoms with Crippen LogP contribution in [0.5, 0.6) is 0 Å². The normalized spacial score (nSPS) is 15.2. The standard InChI is InChI=1S/C11H14N2O/c1-2-14-13-9-8-12(10-13)11-6-4-3-5-7-11/h3-9H,2,10H2,1H3. The average Bonchev–Trinajstić information content (AvgIpc) is 2.68. The number of para-hydroxylation sites is 1. The van der Waals surface area contributed by atoms with Gasteiger partial charge in [0.05, 0.1) is 6.61 Å². The van der Waals surface area contributed by atoms with Crippen molar-refractivity contribution in [2.24, 2.45) is 0 Å². The monoisotopic (exact) mass is 190 g/mol. The molecule has 0 fully saturated rings. The van der Waals surface area contributed by atoms with Crippen LogP contribution in [-0.2, 0) is 4.84 Å². The number of rotatable bonds is 3. The topological polar surface area (TPSA) is 15.7 Å². The van der Waals surface area contributed by atoms with Crippen molar-refractivity contribution in [2.45, 2.75) is 6.92 Å². The predicted molar refractivity (Wildman–Crippen MR) is 56.4 cm³/mol. The van der Waals surface area contributed by atoms with Gasteiger partial charge in [-0.25, -0.2) is 5.06 Å². The molecular weight excluding hydrogens is 176 g/mol. The quantitative estimate of drug-likeness (QED) is 0.726. The smallest absolute Gasteiger partial charge is 0.120 e. The summed E-state index contributed by atoms with van der Waals surface area (Å²) in [5.41, 5.74) is 1.19. The summed E-state index contributed by atoms with van der Waals surface area (Å²) in [6, 6.07) is 10.3. The van der Waals surface area contributed by atoms with E-state index in [0.29, 0.717) is 6.61 Å². The van der Waals surface area contributed by atoms with Crippen LogP contribution in [0.1, 0.15) is 6.92 Å². The van der Waals surface area contributed by atoms with Crippen molar-refractivity contribution in [1.29, 1.82) is 0 Å². The first-order valence-electron chi connectivity index (χ1n) is 4.79. The Hall–Kier alpha value is -1.48. The van der Waals surface area contributed by atoms with E-state index in [1.165, 1.54) is 5.69 Å². The molecule has 0 unspecified atom stereocenters. The first kappa shape index (κ1) is 9.09. The number of hydrogen-bond donors (Lipinski definition) is 0. The van der Waals surface area contributed by atoms with Gasteiger partial charge in [-0.2, -0.15) is 0 Å². The maximum atomic E-state index is 5.36. The van der Waals surface area contributed by atoms with Crippen molar-refractivity contribution in [3.05, 3.63) is 42.7 Å². The number of hydrogen-bond acceptors (Lipinski definition) is 3. The van der Waals surface area contributed by atoms with Crippen molar-refractivity contribution in [3.63, 3.8) is 0 Å². The summed E-state index contributed by atoms with van der Waals surface area (Å²) in [7, 11) is 0. The Morgan fingerprint density at radius 3 is 2.71 bits per heavy atom. The molecule has 2 rings (SSSR count). The molecule has 3 heteroatoms. The van der Waals surface area contributed by atoms with Gasteiger partial charge in [0.1, 0.15) is 6.67 Å². The molecule has 1 aliphatic heterocycles. The highest BCUT2D eigenvalue weighted by molar-refractivity contribution is 5.49. The Morgan fingerprint density at radius 2 is 2.00 bits per heavy atom. The van der Waals surface area contributed by atoms with Crippen LogP contribution in [-0.4, -0.2) is 18.3 Å². The average molecular weight is 190 g/mol. The summed E-state index contributed by atoms with van der Waals surface area (Å²) in [5.74, 6) is 0. The van der Waals surface area contributed by atoms with Gasteiger partial charge in [-0.1, -0.05) is 18.2 Å². The van der Waals surface area contributed by atoms with E-state index in [0.717, 1.165) is 6.67 Å². The van der Waals surface area contributed by atoms with Gasteiger partial charge < -0.3 is 4.90 Å². The Balaban J connectivity index is 2.00. The van der Waals surface area contributed by atoms with Gasteiger partial charge in [0.2, 0.25) is 0 Å². The zero-order valence-electron chi connectivity index (χ0n) is 8.26. The number of anilines is 1. The molecule has 0 saturated carbocycles. The van der Waals surface area contributed by atoms with E-state index in [-0.39, 0.29) is 0 Å². The molecule has 0 aromatic heterocycles. The molecule has 0 N–H and O–H groups in total. The van der Waals surface area contributed by atoms with Crippen LogP contribution in [0.25, 0.3) is 0 Å². The van der Waals surface area contributed by atoms with Gasteiger partial charge in [-0.3, -0.25) is 4.84 Å². The first-order chi connectivity index (χ1) is 6.90. The van der Waals surface area contributed by atoms with Crippen molar-refractivity contribution < 1.29 is 4.84 Å². The Bertz CT molecular complexity index is 310. The molecular formula is C11H14N2O. The molecule has 74 valence electrons. The van der Waals surface area contributed by atoms with E-state index >= 15 is 0 Å². The summed E-state index contributed by atoms with van der Waals surface area (Å²) in [5, 5.41) is 1.83. The van der Waals surface area contributed by atoms with Crippen molar-refractivity contribution in [2.75, 3.05) is 18.2 Å². The molecule has 0 radical (unpaired) electrons. The van der Waals surface area contributed by atoms with Crippen LogP contribution in [0.3, 0.4) is 0 Å². The Labute approximate surface area is 84.1 Å². The lowest BCUT2D eigenvalue weighted by molar-refractivity contribution is -0.107. The Morgan fingerprint density at radius 1 is 1.21 bits per heavy atom. The van der Waals surface area contributed by atoms with E-state index in [4.69, 9.17) is 4.84 Å². The molecule has 1 aliphatic rings. The molecule has 0 aliphatic carbocycles. The summed E-state index contributed by atoms with van der Waals surface area (Å²) in [6.45, 7) is 3.45. The fourth-order valence-corrected chi connectivity index (χ4v) is 1.44. The minimum Gasteiger partial charge on any atom is -0.326 e. The Kier molecular flexibility index (Phi) is 2.70. The zero-order valence-corrected chi connectivity index (χ0v) is 8.26. The lowest BCUT2D eigenvalue weighted by Crippen LogP contribution is -2.25. The third-order valence-corrected chi connectivity index (χ3v) is 2.09. The molecule has 0 amide bonds. The molecule has 1 aromatic carbocycles. The van der Waals surface area contributed by atoms with Crippen LogP contribution in [0, 0.1) is 0 Å². The highest BCUT2D eigenvalue weighted by Crippen LogP contribution is 2.18. The molecule has 3 nitrogen and oxygen atoms in total. The van der Waals surface area contributed by atoms with Crippen LogP contribution in [0.2, 0.25) is 0 Å². The third-order valence-electron chi connectivity index (χ3n) is 2.09. The number of nitrogens with zero attached hydrogens (tertiary/aromatic N) is 2. The largest absolute Gasteiger partial charge is 0.326 e. The minimum absolute atomic E-state index is 0.701. The van der Waals surface area contributed by atoms with Crippen LogP contribution in [0.4, 0.5) is 5.69 Å². The van der Waals surface area contributed by atoms with Crippen LogP contribution >= 0.6 is 0 Å². The highest BCUT2D eigenvalue weighted by Gasteiger charge is 2.12. The molecule has 14 heavy (non-hydrogen) atoms. The second kappa shape index (κ2) is 4.15. The molecule has 0 saturated heterocycles. The summed E-state index contributed by atoms with van der Waals surface area (Å²) in [4.78, 5) is 7.49. The van der Waals surface area contributed by atoms with Crippen molar-refractivity contribution in [3.8, 4) is 0 Å².